The number of aliphatic hydroxyl groups is 5. The maximum absolute atomic E-state index is 13.1. The Morgan fingerprint density at radius 1 is 0.486 bits per heavy atom. The summed E-state index contributed by atoms with van der Waals surface area (Å²) in [5.41, 5.74) is 0. The van der Waals surface area contributed by atoms with Gasteiger partial charge in [0.2, 0.25) is 5.91 Å². The molecule has 1 aliphatic rings. The molecule has 0 saturated carbocycles. The van der Waals surface area contributed by atoms with Gasteiger partial charge in [-0.3, -0.25) is 4.79 Å². The molecule has 1 fully saturated rings. The van der Waals surface area contributed by atoms with Gasteiger partial charge in [0.15, 0.2) is 6.29 Å². The van der Waals surface area contributed by atoms with E-state index in [-0.39, 0.29) is 12.5 Å². The second kappa shape index (κ2) is 50.7. The van der Waals surface area contributed by atoms with Gasteiger partial charge in [-0.05, 0) is 64.2 Å². The highest BCUT2D eigenvalue weighted by molar-refractivity contribution is 5.76. The van der Waals surface area contributed by atoms with Crippen molar-refractivity contribution in [3.63, 3.8) is 0 Å². The lowest BCUT2D eigenvalue weighted by molar-refractivity contribution is -0.302. The molecule has 9 heteroatoms. The summed E-state index contributed by atoms with van der Waals surface area (Å²) < 4.78 is 11.3. The highest BCUT2D eigenvalue weighted by Crippen LogP contribution is 2.23. The van der Waals surface area contributed by atoms with Gasteiger partial charge < -0.3 is 40.3 Å². The van der Waals surface area contributed by atoms with E-state index in [1.165, 1.54) is 212 Å². The Labute approximate surface area is 431 Å². The van der Waals surface area contributed by atoms with Crippen LogP contribution in [0.3, 0.4) is 0 Å². The zero-order valence-electron chi connectivity index (χ0n) is 45.5. The minimum absolute atomic E-state index is 0.184. The van der Waals surface area contributed by atoms with Gasteiger partial charge >= 0.3 is 0 Å². The Morgan fingerprint density at radius 2 is 0.857 bits per heavy atom. The number of rotatable bonds is 51. The Balaban J connectivity index is 2.22. The number of amides is 1. The average molecular weight is 989 g/mol. The number of carbonyl (C=O) groups is 1. The van der Waals surface area contributed by atoms with Gasteiger partial charge in [-0.2, -0.15) is 0 Å². The molecule has 1 aliphatic heterocycles. The van der Waals surface area contributed by atoms with Crippen LogP contribution in [0.2, 0.25) is 0 Å². The Morgan fingerprint density at radius 3 is 1.29 bits per heavy atom. The van der Waals surface area contributed by atoms with Gasteiger partial charge in [-0.15, -0.1) is 0 Å². The van der Waals surface area contributed by atoms with Crippen LogP contribution in [0.1, 0.15) is 277 Å². The van der Waals surface area contributed by atoms with Crippen LogP contribution in [0.5, 0.6) is 0 Å². The zero-order chi connectivity index (χ0) is 50.8. The highest BCUT2D eigenvalue weighted by Gasteiger charge is 2.44. The van der Waals surface area contributed by atoms with E-state index in [1.807, 2.05) is 6.08 Å². The molecule has 7 unspecified atom stereocenters. The molecule has 1 saturated heterocycles. The van der Waals surface area contributed by atoms with E-state index in [4.69, 9.17) is 9.47 Å². The van der Waals surface area contributed by atoms with Crippen LogP contribution < -0.4 is 5.32 Å². The Bertz CT molecular complexity index is 1240. The van der Waals surface area contributed by atoms with Crippen molar-refractivity contribution in [3.05, 3.63) is 48.6 Å². The van der Waals surface area contributed by atoms with Gasteiger partial charge in [-0.1, -0.05) is 255 Å². The molecular formula is C61H113NO8. The topological polar surface area (TPSA) is 149 Å². The molecule has 0 radical (unpaired) electrons. The van der Waals surface area contributed by atoms with Crippen LogP contribution in [-0.4, -0.2) is 87.5 Å². The SMILES string of the molecule is CCCCCCC/C=C\C/C=C\CCCCCCCCCCCCCCCCCC(=O)NC(COC1OC(CO)C(O)C(O)C1O)C(O)/C=C/CC/C=C/CCCCCCCCCCCCCCCC. The molecule has 1 rings (SSSR count). The molecule has 7 atom stereocenters. The first kappa shape index (κ1) is 66.2. The van der Waals surface area contributed by atoms with Crippen LogP contribution >= 0.6 is 0 Å². The van der Waals surface area contributed by atoms with Crippen molar-refractivity contribution in [3.8, 4) is 0 Å². The van der Waals surface area contributed by atoms with Crippen LogP contribution in [-0.2, 0) is 14.3 Å². The fraction of sp³-hybridized carbons (Fsp3) is 0.852. The van der Waals surface area contributed by atoms with E-state index in [9.17, 15) is 30.3 Å². The third kappa shape index (κ3) is 39.7. The summed E-state index contributed by atoms with van der Waals surface area (Å²) in [5.74, 6) is -0.184. The predicted octanol–water partition coefficient (Wildman–Crippen LogP) is 14.9. The lowest BCUT2D eigenvalue weighted by Crippen LogP contribution is -2.60. The first-order chi connectivity index (χ1) is 34.3. The summed E-state index contributed by atoms with van der Waals surface area (Å²) in [6.45, 7) is 3.78. The maximum atomic E-state index is 13.1. The number of aliphatic hydroxyl groups excluding tert-OH is 5. The lowest BCUT2D eigenvalue weighted by Gasteiger charge is -2.40. The van der Waals surface area contributed by atoms with Crippen molar-refractivity contribution >= 4 is 5.91 Å². The molecule has 0 aliphatic carbocycles. The number of hydrogen-bond donors (Lipinski definition) is 6. The quantitative estimate of drug-likeness (QED) is 0.0261. The summed E-state index contributed by atoms with van der Waals surface area (Å²) in [6, 6.07) is -0.822. The summed E-state index contributed by atoms with van der Waals surface area (Å²) in [6.07, 6.45) is 60.4. The number of nitrogens with one attached hydrogen (secondary N) is 1. The van der Waals surface area contributed by atoms with Crippen molar-refractivity contribution in [2.24, 2.45) is 0 Å². The van der Waals surface area contributed by atoms with Crippen LogP contribution in [0, 0.1) is 0 Å². The predicted molar refractivity (Wildman–Crippen MR) is 295 cm³/mol. The molecule has 0 bridgehead atoms. The lowest BCUT2D eigenvalue weighted by atomic mass is 9.99. The number of unbranched alkanes of at least 4 members (excludes halogenated alkanes) is 35. The molecule has 9 nitrogen and oxygen atoms in total. The van der Waals surface area contributed by atoms with E-state index in [0.717, 1.165) is 44.9 Å². The Hall–Kier alpha value is -1.85. The van der Waals surface area contributed by atoms with Crippen molar-refractivity contribution in [1.82, 2.24) is 5.32 Å². The fourth-order valence-corrected chi connectivity index (χ4v) is 9.38. The largest absolute Gasteiger partial charge is 0.394 e. The van der Waals surface area contributed by atoms with Gasteiger partial charge in [0.25, 0.3) is 0 Å². The number of ether oxygens (including phenoxy) is 2. The van der Waals surface area contributed by atoms with Crippen LogP contribution in [0.4, 0.5) is 0 Å². The highest BCUT2D eigenvalue weighted by atomic mass is 16.7. The molecular weight excluding hydrogens is 875 g/mol. The first-order valence-corrected chi connectivity index (χ1v) is 29.9. The standard InChI is InChI=1S/C61H113NO8/c1-3-5-7-9-11-13-15-17-19-21-23-25-26-27-28-29-30-31-33-35-37-39-41-43-45-47-49-51-57(65)62-54(53-69-61-60(68)59(67)58(66)56(52-63)70-61)55(64)50-48-46-44-42-40-38-36-34-32-24-22-20-18-16-14-12-10-8-6-4-2/h15,17,21,23,40,42,48,50,54-56,58-61,63-64,66-68H,3-14,16,18-20,22,24-39,41,43-47,49,51-53H2,1-2H3,(H,62,65)/b17-15-,23-21-,42-40+,50-48+. The fourth-order valence-electron chi connectivity index (χ4n) is 9.38. The second-order valence-electron chi connectivity index (χ2n) is 20.8. The molecule has 0 aromatic heterocycles. The van der Waals surface area contributed by atoms with Crippen LogP contribution in [0.15, 0.2) is 48.6 Å². The van der Waals surface area contributed by atoms with E-state index >= 15 is 0 Å². The van der Waals surface area contributed by atoms with Gasteiger partial charge in [0.05, 0.1) is 25.4 Å². The zero-order valence-corrected chi connectivity index (χ0v) is 45.5. The van der Waals surface area contributed by atoms with E-state index in [1.54, 1.807) is 6.08 Å². The Kier molecular flexibility index (Phi) is 47.9. The number of allylic oxidation sites excluding steroid dienone is 7. The molecule has 0 aromatic carbocycles. The normalized spacial score (nSPS) is 19.7. The maximum Gasteiger partial charge on any atom is 0.220 e. The van der Waals surface area contributed by atoms with Gasteiger partial charge in [0, 0.05) is 6.42 Å². The second-order valence-corrected chi connectivity index (χ2v) is 20.8. The summed E-state index contributed by atoms with van der Waals surface area (Å²) in [7, 11) is 0. The van der Waals surface area contributed by atoms with Crippen LogP contribution in [0.25, 0.3) is 0 Å². The monoisotopic (exact) mass is 988 g/mol. The van der Waals surface area contributed by atoms with Gasteiger partial charge in [-0.25, -0.2) is 0 Å². The molecule has 0 spiro atoms. The molecule has 70 heavy (non-hydrogen) atoms. The number of hydrogen-bond acceptors (Lipinski definition) is 8. The summed E-state index contributed by atoms with van der Waals surface area (Å²) >= 11 is 0. The van der Waals surface area contributed by atoms with Crippen molar-refractivity contribution in [2.45, 2.75) is 320 Å². The minimum Gasteiger partial charge on any atom is -0.394 e. The smallest absolute Gasteiger partial charge is 0.220 e. The summed E-state index contributed by atoms with van der Waals surface area (Å²) in [4.78, 5) is 13.1. The van der Waals surface area contributed by atoms with Crippen molar-refractivity contribution in [1.29, 1.82) is 0 Å². The van der Waals surface area contributed by atoms with Crippen molar-refractivity contribution < 1.29 is 39.8 Å². The third-order valence-corrected chi connectivity index (χ3v) is 14.1. The first-order valence-electron chi connectivity index (χ1n) is 29.9. The number of carbonyl (C=O) groups excluding carboxylic acids is 1. The van der Waals surface area contributed by atoms with Crippen molar-refractivity contribution in [2.75, 3.05) is 13.2 Å². The van der Waals surface area contributed by atoms with E-state index in [0.29, 0.717) is 6.42 Å². The third-order valence-electron chi connectivity index (χ3n) is 14.1. The van der Waals surface area contributed by atoms with E-state index < -0.39 is 49.5 Å². The minimum atomic E-state index is -1.57. The molecule has 1 amide bonds. The molecule has 1 heterocycles. The summed E-state index contributed by atoms with van der Waals surface area (Å²) in [5, 5.41) is 54.5. The van der Waals surface area contributed by atoms with E-state index in [2.05, 4.69) is 55.6 Å². The molecule has 410 valence electrons. The molecule has 0 aromatic rings. The molecule has 6 N–H and O–H groups in total. The average Bonchev–Trinajstić information content (AvgIpc) is 3.36. The van der Waals surface area contributed by atoms with Gasteiger partial charge in [0.1, 0.15) is 24.4 Å².